The van der Waals surface area contributed by atoms with Crippen molar-refractivity contribution in [3.05, 3.63) is 34.9 Å². The summed E-state index contributed by atoms with van der Waals surface area (Å²) in [5.74, 6) is 6.07. The van der Waals surface area contributed by atoms with Crippen LogP contribution in [0.2, 0.25) is 5.02 Å². The Labute approximate surface area is 99.2 Å². The summed E-state index contributed by atoms with van der Waals surface area (Å²) in [5.41, 5.74) is 2.95. The van der Waals surface area contributed by atoms with E-state index in [4.69, 9.17) is 11.6 Å². The van der Waals surface area contributed by atoms with Gasteiger partial charge in [0, 0.05) is 10.6 Å². The molecule has 4 heteroatoms. The second kappa shape index (κ2) is 4.38. The molecule has 1 aromatic carbocycles. The first-order valence-corrected chi connectivity index (χ1v) is 5.18. The molecule has 0 amide bonds. The largest absolute Gasteiger partial charge is 0.268 e. The number of rotatable bonds is 0. The van der Waals surface area contributed by atoms with Crippen LogP contribution in [0.15, 0.2) is 34.4 Å². The van der Waals surface area contributed by atoms with E-state index in [1.807, 2.05) is 31.2 Å². The van der Waals surface area contributed by atoms with Crippen LogP contribution in [0.25, 0.3) is 0 Å². The number of benzene rings is 1. The van der Waals surface area contributed by atoms with Gasteiger partial charge in [0.25, 0.3) is 0 Å². The van der Waals surface area contributed by atoms with Crippen molar-refractivity contribution >= 4 is 24.2 Å². The molecule has 0 radical (unpaired) electrons. The van der Waals surface area contributed by atoms with Gasteiger partial charge in [-0.15, -0.1) is 0 Å². The average molecular weight is 232 g/mol. The molecule has 0 aliphatic carbocycles. The SMILES string of the molecule is CC1(C#Cc2cccc(Cl)c2)C=NNC=N1. The number of aliphatic imine (C=N–C) groups is 1. The van der Waals surface area contributed by atoms with E-state index in [0.717, 1.165) is 5.56 Å². The van der Waals surface area contributed by atoms with Gasteiger partial charge in [0.2, 0.25) is 0 Å². The van der Waals surface area contributed by atoms with Gasteiger partial charge in [-0.3, -0.25) is 5.43 Å². The van der Waals surface area contributed by atoms with Gasteiger partial charge in [-0.2, -0.15) is 5.10 Å². The lowest BCUT2D eigenvalue weighted by Gasteiger charge is -2.14. The first kappa shape index (κ1) is 10.7. The number of hydrazone groups is 1. The van der Waals surface area contributed by atoms with Crippen molar-refractivity contribution in [1.29, 1.82) is 0 Å². The Kier molecular flexibility index (Phi) is 2.93. The fourth-order valence-electron chi connectivity index (χ4n) is 1.22. The van der Waals surface area contributed by atoms with Gasteiger partial charge >= 0.3 is 0 Å². The minimum atomic E-state index is -0.562. The van der Waals surface area contributed by atoms with Crippen molar-refractivity contribution in [2.45, 2.75) is 12.5 Å². The van der Waals surface area contributed by atoms with E-state index < -0.39 is 5.54 Å². The predicted molar refractivity (Wildman–Crippen MR) is 66.9 cm³/mol. The molecule has 16 heavy (non-hydrogen) atoms. The van der Waals surface area contributed by atoms with E-state index in [1.54, 1.807) is 6.21 Å². The lowest BCUT2D eigenvalue weighted by molar-refractivity contribution is 0.792. The Morgan fingerprint density at radius 2 is 2.31 bits per heavy atom. The van der Waals surface area contributed by atoms with Crippen LogP contribution in [0, 0.1) is 11.8 Å². The molecule has 1 aliphatic rings. The van der Waals surface area contributed by atoms with Gasteiger partial charge in [-0.25, -0.2) is 4.99 Å². The summed E-state index contributed by atoms with van der Waals surface area (Å²) in [6.07, 6.45) is 3.21. The van der Waals surface area contributed by atoms with Crippen LogP contribution in [0.1, 0.15) is 12.5 Å². The molecule has 0 fully saturated rings. The molecule has 1 aliphatic heterocycles. The monoisotopic (exact) mass is 231 g/mol. The molecule has 0 aromatic heterocycles. The molecule has 1 unspecified atom stereocenters. The zero-order chi connectivity index (χ0) is 11.4. The molecule has 2 rings (SSSR count). The Balaban J connectivity index is 2.24. The van der Waals surface area contributed by atoms with Crippen molar-refractivity contribution in [3.8, 4) is 11.8 Å². The van der Waals surface area contributed by atoms with Gasteiger partial charge in [-0.1, -0.05) is 29.5 Å². The fraction of sp³-hybridized carbons (Fsp3) is 0.167. The number of hydrogen-bond donors (Lipinski definition) is 1. The van der Waals surface area contributed by atoms with Gasteiger partial charge in [-0.05, 0) is 25.1 Å². The first-order valence-electron chi connectivity index (χ1n) is 4.80. The van der Waals surface area contributed by atoms with Crippen LogP contribution in [0.4, 0.5) is 0 Å². The number of nitrogens with zero attached hydrogens (tertiary/aromatic N) is 2. The van der Waals surface area contributed by atoms with E-state index in [2.05, 4.69) is 27.4 Å². The van der Waals surface area contributed by atoms with Crippen molar-refractivity contribution in [2.24, 2.45) is 10.1 Å². The number of halogens is 1. The maximum absolute atomic E-state index is 5.87. The van der Waals surface area contributed by atoms with Crippen LogP contribution in [0.3, 0.4) is 0 Å². The summed E-state index contributed by atoms with van der Waals surface area (Å²) < 4.78 is 0. The molecule has 0 saturated heterocycles. The highest BCUT2D eigenvalue weighted by molar-refractivity contribution is 6.30. The third kappa shape index (κ3) is 2.62. The van der Waals surface area contributed by atoms with E-state index >= 15 is 0 Å². The lowest BCUT2D eigenvalue weighted by atomic mass is 10.1. The van der Waals surface area contributed by atoms with Crippen LogP contribution < -0.4 is 5.43 Å². The summed E-state index contributed by atoms with van der Waals surface area (Å²) in [4.78, 5) is 4.21. The standard InChI is InChI=1S/C12H10ClN3/c1-12(8-15-16-9-14-12)6-5-10-3-2-4-11(13)7-10/h2-4,7-9H,1H3,(H,14,16). The maximum Gasteiger partial charge on any atom is 0.157 e. The van der Waals surface area contributed by atoms with Crippen molar-refractivity contribution in [1.82, 2.24) is 5.43 Å². The maximum atomic E-state index is 5.87. The van der Waals surface area contributed by atoms with Gasteiger partial charge in [0.1, 0.15) is 6.34 Å². The normalized spacial score (nSPS) is 22.1. The van der Waals surface area contributed by atoms with E-state index in [1.165, 1.54) is 6.34 Å². The van der Waals surface area contributed by atoms with Crippen LogP contribution in [-0.2, 0) is 0 Å². The Morgan fingerprint density at radius 1 is 1.44 bits per heavy atom. The van der Waals surface area contributed by atoms with E-state index in [9.17, 15) is 0 Å². The first-order chi connectivity index (χ1) is 7.68. The second-order valence-corrected chi connectivity index (χ2v) is 3.99. The third-order valence-corrected chi connectivity index (χ3v) is 2.30. The Bertz CT molecular complexity index is 496. The average Bonchev–Trinajstić information content (AvgIpc) is 2.28. The van der Waals surface area contributed by atoms with Crippen molar-refractivity contribution < 1.29 is 0 Å². The Hall–Kier alpha value is -1.79. The number of nitrogens with one attached hydrogen (secondary N) is 1. The van der Waals surface area contributed by atoms with Gasteiger partial charge in [0.05, 0.1) is 6.21 Å². The molecule has 1 heterocycles. The molecule has 0 spiro atoms. The van der Waals surface area contributed by atoms with Crippen LogP contribution in [-0.4, -0.2) is 18.1 Å². The third-order valence-electron chi connectivity index (χ3n) is 2.07. The van der Waals surface area contributed by atoms with Gasteiger partial charge in [0.15, 0.2) is 5.54 Å². The highest BCUT2D eigenvalue weighted by Gasteiger charge is 2.17. The minimum absolute atomic E-state index is 0.562. The zero-order valence-electron chi connectivity index (χ0n) is 8.74. The zero-order valence-corrected chi connectivity index (χ0v) is 9.49. The topological polar surface area (TPSA) is 36.8 Å². The molecule has 1 N–H and O–H groups in total. The Morgan fingerprint density at radius 3 is 3.00 bits per heavy atom. The highest BCUT2D eigenvalue weighted by atomic mass is 35.5. The fourth-order valence-corrected chi connectivity index (χ4v) is 1.41. The smallest absolute Gasteiger partial charge is 0.157 e. The van der Waals surface area contributed by atoms with Crippen LogP contribution in [0.5, 0.6) is 0 Å². The van der Waals surface area contributed by atoms with E-state index in [0.29, 0.717) is 5.02 Å². The summed E-state index contributed by atoms with van der Waals surface area (Å²) in [5, 5.41) is 4.59. The molecule has 1 atom stereocenters. The lowest BCUT2D eigenvalue weighted by Crippen LogP contribution is -2.28. The molecular weight excluding hydrogens is 222 g/mol. The highest BCUT2D eigenvalue weighted by Crippen LogP contribution is 2.11. The van der Waals surface area contributed by atoms with Crippen molar-refractivity contribution in [2.75, 3.05) is 0 Å². The molecule has 0 bridgehead atoms. The summed E-state index contributed by atoms with van der Waals surface area (Å²) in [6, 6.07) is 7.41. The molecular formula is C12H10ClN3. The second-order valence-electron chi connectivity index (χ2n) is 3.55. The number of hydrogen-bond acceptors (Lipinski definition) is 3. The molecule has 0 saturated carbocycles. The van der Waals surface area contributed by atoms with Crippen LogP contribution >= 0.6 is 11.6 Å². The molecule has 80 valence electrons. The van der Waals surface area contributed by atoms with Gasteiger partial charge < -0.3 is 0 Å². The van der Waals surface area contributed by atoms with E-state index in [-0.39, 0.29) is 0 Å². The summed E-state index contributed by atoms with van der Waals surface area (Å²) in [6.45, 7) is 1.89. The summed E-state index contributed by atoms with van der Waals surface area (Å²) in [7, 11) is 0. The predicted octanol–water partition coefficient (Wildman–Crippen LogP) is 2.07. The molecule has 3 nitrogen and oxygen atoms in total. The summed E-state index contributed by atoms with van der Waals surface area (Å²) >= 11 is 5.87. The van der Waals surface area contributed by atoms with Crippen molar-refractivity contribution in [3.63, 3.8) is 0 Å². The quantitative estimate of drug-likeness (QED) is 0.682. The molecule has 1 aromatic rings. The minimum Gasteiger partial charge on any atom is -0.268 e.